The largest absolute Gasteiger partial charge is 0.421 e. The maximum absolute atomic E-state index is 13.1. The maximum atomic E-state index is 13.1. The molecule has 1 aromatic carbocycles. The molecule has 172 valence electrons. The Balaban J connectivity index is 1.84. The Morgan fingerprint density at radius 1 is 1.16 bits per heavy atom. The van der Waals surface area contributed by atoms with Gasteiger partial charge in [0.05, 0.1) is 0 Å². The number of pyridine rings is 1. The molecule has 1 aliphatic rings. The number of anilines is 2. The van der Waals surface area contributed by atoms with Crippen LogP contribution in [0.25, 0.3) is 0 Å². The molecule has 2 heterocycles. The first kappa shape index (κ1) is 23.8. The average Bonchev–Trinajstić information content (AvgIpc) is 2.73. The molecule has 7 nitrogen and oxygen atoms in total. The number of nitrogen functional groups attached to an aromatic ring is 1. The SMILES string of the molecule is CC#C[C@@H]1CN(S(=O)(=O)c2ccc(N)nc2)CCN1c1ccc([C@](C)(O)C(F)(F)F)cc1. The zero-order valence-electron chi connectivity index (χ0n) is 17.5. The number of hydrogen-bond acceptors (Lipinski definition) is 6. The van der Waals surface area contributed by atoms with E-state index < -0.39 is 27.8 Å². The molecule has 1 saturated heterocycles. The van der Waals surface area contributed by atoms with E-state index in [4.69, 9.17) is 5.73 Å². The number of rotatable bonds is 4. The summed E-state index contributed by atoms with van der Waals surface area (Å²) in [5.41, 5.74) is 2.84. The summed E-state index contributed by atoms with van der Waals surface area (Å²) in [7, 11) is -3.82. The predicted molar refractivity (Wildman–Crippen MR) is 114 cm³/mol. The molecule has 1 aliphatic heterocycles. The fourth-order valence-electron chi connectivity index (χ4n) is 3.41. The van der Waals surface area contributed by atoms with Gasteiger partial charge >= 0.3 is 6.18 Å². The van der Waals surface area contributed by atoms with E-state index in [1.165, 1.54) is 46.9 Å². The highest BCUT2D eigenvalue weighted by atomic mass is 32.2. The Hall–Kier alpha value is -2.81. The average molecular weight is 469 g/mol. The summed E-state index contributed by atoms with van der Waals surface area (Å²) in [5, 5.41) is 9.86. The van der Waals surface area contributed by atoms with Gasteiger partial charge in [-0.1, -0.05) is 18.1 Å². The summed E-state index contributed by atoms with van der Waals surface area (Å²) in [6.07, 6.45) is -3.62. The highest BCUT2D eigenvalue weighted by Gasteiger charge is 2.51. The minimum atomic E-state index is -4.82. The van der Waals surface area contributed by atoms with Gasteiger partial charge in [-0.25, -0.2) is 13.4 Å². The van der Waals surface area contributed by atoms with Gasteiger partial charge in [0.1, 0.15) is 16.8 Å². The molecule has 0 bridgehead atoms. The topological polar surface area (TPSA) is 99.8 Å². The van der Waals surface area contributed by atoms with Crippen molar-refractivity contribution in [1.29, 1.82) is 0 Å². The third kappa shape index (κ3) is 4.53. The lowest BCUT2D eigenvalue weighted by Gasteiger charge is -2.40. The number of aromatic nitrogens is 1. The fraction of sp³-hybridized carbons (Fsp3) is 0.381. The summed E-state index contributed by atoms with van der Waals surface area (Å²) in [6.45, 7) is 2.81. The molecule has 32 heavy (non-hydrogen) atoms. The Bertz CT molecular complexity index is 1120. The molecule has 11 heteroatoms. The van der Waals surface area contributed by atoms with Crippen molar-refractivity contribution in [3.63, 3.8) is 0 Å². The monoisotopic (exact) mass is 468 g/mol. The molecule has 0 amide bonds. The number of sulfonamides is 1. The number of piperazine rings is 1. The second-order valence-corrected chi connectivity index (χ2v) is 9.44. The van der Waals surface area contributed by atoms with Crippen LogP contribution in [0.1, 0.15) is 19.4 Å². The van der Waals surface area contributed by atoms with Gasteiger partial charge in [-0.2, -0.15) is 17.5 Å². The number of nitrogens with two attached hydrogens (primary N) is 1. The van der Waals surface area contributed by atoms with Crippen molar-refractivity contribution in [3.8, 4) is 11.8 Å². The van der Waals surface area contributed by atoms with Crippen molar-refractivity contribution in [3.05, 3.63) is 48.2 Å². The van der Waals surface area contributed by atoms with Crippen molar-refractivity contribution >= 4 is 21.5 Å². The second-order valence-electron chi connectivity index (χ2n) is 7.50. The molecule has 0 radical (unpaired) electrons. The molecular formula is C21H23F3N4O3S. The van der Waals surface area contributed by atoms with Crippen molar-refractivity contribution < 1.29 is 26.7 Å². The van der Waals surface area contributed by atoms with Gasteiger partial charge in [-0.15, -0.1) is 5.92 Å². The minimum absolute atomic E-state index is 0.0158. The lowest BCUT2D eigenvalue weighted by atomic mass is 9.95. The zero-order valence-corrected chi connectivity index (χ0v) is 18.3. The summed E-state index contributed by atoms with van der Waals surface area (Å²) < 4.78 is 66.6. The van der Waals surface area contributed by atoms with Gasteiger partial charge in [-0.05, 0) is 43.7 Å². The van der Waals surface area contributed by atoms with Crippen molar-refractivity contribution in [2.75, 3.05) is 30.3 Å². The first-order valence-electron chi connectivity index (χ1n) is 9.68. The summed E-state index contributed by atoms with van der Waals surface area (Å²) >= 11 is 0. The molecule has 0 aliphatic carbocycles. The van der Waals surface area contributed by atoms with Gasteiger partial charge in [0, 0.05) is 31.5 Å². The highest BCUT2D eigenvalue weighted by molar-refractivity contribution is 7.89. The Kier molecular flexibility index (Phi) is 6.42. The maximum Gasteiger partial charge on any atom is 0.421 e. The van der Waals surface area contributed by atoms with Gasteiger partial charge in [-0.3, -0.25) is 0 Å². The summed E-state index contributed by atoms with van der Waals surface area (Å²) in [5.74, 6) is 5.96. The Labute approximate surface area is 184 Å². The number of aliphatic hydroxyl groups is 1. The lowest BCUT2D eigenvalue weighted by molar-refractivity contribution is -0.258. The molecular weight excluding hydrogens is 445 g/mol. The molecule has 1 fully saturated rings. The molecule has 1 aromatic heterocycles. The van der Waals surface area contributed by atoms with Gasteiger partial charge in [0.25, 0.3) is 0 Å². The van der Waals surface area contributed by atoms with E-state index in [1.807, 2.05) is 4.90 Å². The zero-order chi connectivity index (χ0) is 23.7. The number of halogens is 3. The Morgan fingerprint density at radius 3 is 2.34 bits per heavy atom. The van der Waals surface area contributed by atoms with Crippen LogP contribution in [0.3, 0.4) is 0 Å². The van der Waals surface area contributed by atoms with E-state index in [0.29, 0.717) is 12.6 Å². The number of benzene rings is 1. The van der Waals surface area contributed by atoms with E-state index >= 15 is 0 Å². The molecule has 2 aromatic rings. The number of hydrogen-bond donors (Lipinski definition) is 2. The molecule has 3 rings (SSSR count). The van der Waals surface area contributed by atoms with Crippen LogP contribution in [-0.2, 0) is 15.6 Å². The van der Waals surface area contributed by atoms with Crippen LogP contribution in [0.5, 0.6) is 0 Å². The highest BCUT2D eigenvalue weighted by Crippen LogP contribution is 2.39. The third-order valence-electron chi connectivity index (χ3n) is 5.36. The molecule has 0 unspecified atom stereocenters. The van der Waals surface area contributed by atoms with E-state index in [2.05, 4.69) is 16.8 Å². The van der Waals surface area contributed by atoms with E-state index in [1.54, 1.807) is 6.92 Å². The van der Waals surface area contributed by atoms with Crippen LogP contribution in [0.2, 0.25) is 0 Å². The van der Waals surface area contributed by atoms with Crippen molar-refractivity contribution in [1.82, 2.24) is 9.29 Å². The van der Waals surface area contributed by atoms with Crippen LogP contribution in [0, 0.1) is 11.8 Å². The van der Waals surface area contributed by atoms with E-state index in [9.17, 15) is 26.7 Å². The van der Waals surface area contributed by atoms with Gasteiger partial charge < -0.3 is 15.7 Å². The molecule has 0 saturated carbocycles. The number of alkyl halides is 3. The van der Waals surface area contributed by atoms with E-state index in [0.717, 1.165) is 0 Å². The standard InChI is InChI=1S/C21H23F3N4O3S/c1-3-4-17-14-27(32(30,31)18-9-10-19(25)26-13-18)11-12-28(17)16-7-5-15(6-8-16)20(2,29)21(22,23)24/h5-10,13,17,29H,11-12,14H2,1-2H3,(H2,25,26)/t17-,20+/m1/s1. The summed E-state index contributed by atoms with van der Waals surface area (Å²) in [4.78, 5) is 5.68. The van der Waals surface area contributed by atoms with Crippen LogP contribution in [-0.4, -0.2) is 54.7 Å². The molecule has 2 atom stereocenters. The van der Waals surface area contributed by atoms with Crippen molar-refractivity contribution in [2.45, 2.75) is 36.6 Å². The van der Waals surface area contributed by atoms with Gasteiger partial charge in [0.15, 0.2) is 5.60 Å². The first-order valence-corrected chi connectivity index (χ1v) is 11.1. The van der Waals surface area contributed by atoms with Crippen LogP contribution < -0.4 is 10.6 Å². The van der Waals surface area contributed by atoms with Crippen LogP contribution >= 0.6 is 0 Å². The lowest BCUT2D eigenvalue weighted by Crippen LogP contribution is -2.54. The molecule has 3 N–H and O–H groups in total. The normalized spacial score (nSPS) is 19.7. The quantitative estimate of drug-likeness (QED) is 0.669. The second kappa shape index (κ2) is 8.61. The van der Waals surface area contributed by atoms with E-state index in [-0.39, 0.29) is 35.9 Å². The van der Waals surface area contributed by atoms with Crippen LogP contribution in [0.15, 0.2) is 47.5 Å². The predicted octanol–water partition coefficient (Wildman–Crippen LogP) is 2.34. The van der Waals surface area contributed by atoms with Gasteiger partial charge in [0.2, 0.25) is 10.0 Å². The minimum Gasteiger partial charge on any atom is -0.384 e. The third-order valence-corrected chi connectivity index (χ3v) is 7.21. The fourth-order valence-corrected chi connectivity index (χ4v) is 4.79. The number of nitrogens with zero attached hydrogens (tertiary/aromatic N) is 3. The molecule has 0 spiro atoms. The Morgan fingerprint density at radius 2 is 1.81 bits per heavy atom. The summed E-state index contributed by atoms with van der Waals surface area (Å²) in [6, 6.07) is 7.63. The van der Waals surface area contributed by atoms with Crippen LogP contribution in [0.4, 0.5) is 24.7 Å². The first-order chi connectivity index (χ1) is 14.9. The smallest absolute Gasteiger partial charge is 0.384 e. The van der Waals surface area contributed by atoms with Crippen molar-refractivity contribution in [2.24, 2.45) is 0 Å².